The molecule has 1 amide bonds. The van der Waals surface area contributed by atoms with Gasteiger partial charge in [-0.1, -0.05) is 23.7 Å². The van der Waals surface area contributed by atoms with Crippen molar-refractivity contribution >= 4 is 29.2 Å². The summed E-state index contributed by atoms with van der Waals surface area (Å²) in [6.07, 6.45) is 0. The highest BCUT2D eigenvalue weighted by Gasteiger charge is 2.32. The van der Waals surface area contributed by atoms with Gasteiger partial charge < -0.3 is 19.6 Å². The maximum Gasteiger partial charge on any atom is 0.339 e. The Morgan fingerprint density at radius 2 is 1.82 bits per heavy atom. The van der Waals surface area contributed by atoms with Crippen LogP contribution < -0.4 is 9.64 Å². The predicted molar refractivity (Wildman–Crippen MR) is 126 cm³/mol. The number of nitrogens with zero attached hydrogens (tertiary/aromatic N) is 3. The number of carboxylic acid groups (broad SMARTS) is 1. The molecule has 2 aromatic carbocycles. The van der Waals surface area contributed by atoms with Crippen molar-refractivity contribution in [1.29, 1.82) is 0 Å². The average Bonchev–Trinajstić information content (AvgIpc) is 2.75. The van der Waals surface area contributed by atoms with Gasteiger partial charge >= 0.3 is 5.97 Å². The zero-order valence-electron chi connectivity index (χ0n) is 19.2. The molecule has 2 aromatic rings. The summed E-state index contributed by atoms with van der Waals surface area (Å²) >= 11 is 6.18. The predicted octanol–water partition coefficient (Wildman–Crippen LogP) is 3.74. The summed E-state index contributed by atoms with van der Waals surface area (Å²) in [4.78, 5) is 30.3. The minimum atomic E-state index is -1.18. The van der Waals surface area contributed by atoms with Gasteiger partial charge in [0.2, 0.25) is 0 Å². The number of anilines is 1. The third-order valence-electron chi connectivity index (χ3n) is 5.85. The fourth-order valence-electron chi connectivity index (χ4n) is 3.98. The first-order valence-electron chi connectivity index (χ1n) is 10.7. The smallest absolute Gasteiger partial charge is 0.339 e. The van der Waals surface area contributed by atoms with Crippen molar-refractivity contribution in [2.24, 2.45) is 0 Å². The van der Waals surface area contributed by atoms with E-state index >= 15 is 0 Å². The van der Waals surface area contributed by atoms with E-state index in [1.807, 2.05) is 13.8 Å². The van der Waals surface area contributed by atoms with E-state index in [-0.39, 0.29) is 46.8 Å². The van der Waals surface area contributed by atoms with Gasteiger partial charge in [-0.3, -0.25) is 9.69 Å². The Morgan fingerprint density at radius 3 is 2.42 bits per heavy atom. The Bertz CT molecular complexity index is 1020. The zero-order chi connectivity index (χ0) is 24.3. The standard InChI is InChI=1S/C24H29ClFN3O4/c1-15-12-29(16(2)11-28(15)13-17-5-7-18(26)8-6-17)23(30)14-33-22-10-21(27(3)4)20(25)9-19(22)24(31)32/h5-10,15-16H,11-14H2,1-4H3,(H,31,32)/t15-,16+/m0/s1. The topological polar surface area (TPSA) is 73.3 Å². The lowest BCUT2D eigenvalue weighted by Crippen LogP contribution is -2.58. The van der Waals surface area contributed by atoms with E-state index in [0.29, 0.717) is 25.3 Å². The van der Waals surface area contributed by atoms with Crippen LogP contribution in [0.1, 0.15) is 29.8 Å². The number of amides is 1. The maximum atomic E-state index is 13.2. The third kappa shape index (κ3) is 5.94. The van der Waals surface area contributed by atoms with E-state index in [4.69, 9.17) is 16.3 Å². The molecule has 1 heterocycles. The van der Waals surface area contributed by atoms with Gasteiger partial charge in [0.15, 0.2) is 6.61 Å². The van der Waals surface area contributed by atoms with E-state index in [2.05, 4.69) is 4.90 Å². The van der Waals surface area contributed by atoms with Gasteiger partial charge in [0.25, 0.3) is 5.91 Å². The van der Waals surface area contributed by atoms with Crippen LogP contribution in [0.5, 0.6) is 5.75 Å². The molecule has 0 aliphatic carbocycles. The molecule has 0 radical (unpaired) electrons. The number of carbonyl (C=O) groups excluding carboxylic acids is 1. The lowest BCUT2D eigenvalue weighted by Gasteiger charge is -2.44. The van der Waals surface area contributed by atoms with Gasteiger partial charge in [0.05, 0.1) is 10.7 Å². The van der Waals surface area contributed by atoms with Crippen molar-refractivity contribution in [3.63, 3.8) is 0 Å². The van der Waals surface area contributed by atoms with Crippen molar-refractivity contribution in [2.75, 3.05) is 38.7 Å². The number of piperazine rings is 1. The Labute approximate surface area is 198 Å². The van der Waals surface area contributed by atoms with Crippen molar-refractivity contribution in [2.45, 2.75) is 32.5 Å². The van der Waals surface area contributed by atoms with Gasteiger partial charge in [-0.15, -0.1) is 0 Å². The monoisotopic (exact) mass is 477 g/mol. The normalized spacial score (nSPS) is 18.8. The Morgan fingerprint density at radius 1 is 1.15 bits per heavy atom. The lowest BCUT2D eigenvalue weighted by atomic mass is 10.1. The number of hydrogen-bond acceptors (Lipinski definition) is 5. The van der Waals surface area contributed by atoms with Crippen LogP contribution in [0.25, 0.3) is 0 Å². The largest absolute Gasteiger partial charge is 0.483 e. The highest BCUT2D eigenvalue weighted by atomic mass is 35.5. The number of carbonyl (C=O) groups is 2. The average molecular weight is 478 g/mol. The van der Waals surface area contributed by atoms with Crippen molar-refractivity contribution in [3.8, 4) is 5.75 Å². The molecule has 0 unspecified atom stereocenters. The van der Waals surface area contributed by atoms with E-state index in [0.717, 1.165) is 5.56 Å². The second-order valence-corrected chi connectivity index (χ2v) is 9.00. The van der Waals surface area contributed by atoms with Gasteiger partial charge in [0, 0.05) is 51.9 Å². The SMILES string of the molecule is C[C@@H]1CN(Cc2ccc(F)cc2)[C@@H](C)CN1C(=O)COc1cc(N(C)C)c(Cl)cc1C(=O)O. The first-order valence-corrected chi connectivity index (χ1v) is 11.1. The molecule has 7 nitrogen and oxygen atoms in total. The quantitative estimate of drug-likeness (QED) is 0.655. The van der Waals surface area contributed by atoms with E-state index in [9.17, 15) is 19.1 Å². The van der Waals surface area contributed by atoms with Crippen LogP contribution in [0.2, 0.25) is 5.02 Å². The van der Waals surface area contributed by atoms with E-state index in [1.54, 1.807) is 36.0 Å². The molecule has 178 valence electrons. The number of ether oxygens (including phenoxy) is 1. The molecule has 0 bridgehead atoms. The number of halogens is 2. The molecule has 0 spiro atoms. The first-order chi connectivity index (χ1) is 15.6. The van der Waals surface area contributed by atoms with Gasteiger partial charge in [0.1, 0.15) is 17.1 Å². The molecule has 3 rings (SSSR count). The summed E-state index contributed by atoms with van der Waals surface area (Å²) in [5.41, 5.74) is 1.52. The molecule has 0 saturated carbocycles. The molecule has 1 N–H and O–H groups in total. The van der Waals surface area contributed by atoms with Crippen LogP contribution in [-0.2, 0) is 11.3 Å². The van der Waals surface area contributed by atoms with Crippen LogP contribution in [0, 0.1) is 5.82 Å². The zero-order valence-corrected chi connectivity index (χ0v) is 20.0. The summed E-state index contributed by atoms with van der Waals surface area (Å²) in [5.74, 6) is -1.56. The summed E-state index contributed by atoms with van der Waals surface area (Å²) < 4.78 is 18.8. The molecule has 1 aliphatic rings. The number of carboxylic acids is 1. The van der Waals surface area contributed by atoms with Gasteiger partial charge in [-0.05, 0) is 37.6 Å². The number of rotatable bonds is 7. The van der Waals surface area contributed by atoms with Gasteiger partial charge in [-0.2, -0.15) is 0 Å². The fraction of sp³-hybridized carbons (Fsp3) is 0.417. The molecule has 2 atom stereocenters. The summed E-state index contributed by atoms with van der Waals surface area (Å²) in [7, 11) is 3.57. The van der Waals surface area contributed by atoms with Crippen molar-refractivity contribution in [3.05, 3.63) is 58.4 Å². The van der Waals surface area contributed by atoms with Crippen LogP contribution in [0.3, 0.4) is 0 Å². The van der Waals surface area contributed by atoms with E-state index in [1.165, 1.54) is 24.3 Å². The first kappa shape index (κ1) is 24.8. The molecule has 0 aromatic heterocycles. The fourth-order valence-corrected chi connectivity index (χ4v) is 4.32. The Kier molecular flexibility index (Phi) is 7.81. The van der Waals surface area contributed by atoms with Crippen molar-refractivity contribution < 1.29 is 23.8 Å². The number of aromatic carboxylic acids is 1. The highest BCUT2D eigenvalue weighted by molar-refractivity contribution is 6.33. The van der Waals surface area contributed by atoms with Crippen molar-refractivity contribution in [1.82, 2.24) is 9.80 Å². The molecular weight excluding hydrogens is 449 g/mol. The minimum absolute atomic E-state index is 0.0563. The minimum Gasteiger partial charge on any atom is -0.483 e. The molecular formula is C24H29ClFN3O4. The van der Waals surface area contributed by atoms with E-state index < -0.39 is 5.97 Å². The van der Waals surface area contributed by atoms with Crippen LogP contribution in [0.15, 0.2) is 36.4 Å². The molecule has 33 heavy (non-hydrogen) atoms. The summed E-state index contributed by atoms with van der Waals surface area (Å²) in [5, 5.41) is 9.79. The third-order valence-corrected chi connectivity index (χ3v) is 6.15. The van der Waals surface area contributed by atoms with Gasteiger partial charge in [-0.25, -0.2) is 9.18 Å². The number of benzene rings is 2. The second kappa shape index (κ2) is 10.4. The van der Waals surface area contributed by atoms with Crippen LogP contribution in [0.4, 0.5) is 10.1 Å². The second-order valence-electron chi connectivity index (χ2n) is 8.59. The lowest BCUT2D eigenvalue weighted by molar-refractivity contribution is -0.139. The van der Waals surface area contributed by atoms with Crippen LogP contribution >= 0.6 is 11.6 Å². The maximum absolute atomic E-state index is 13.2. The van der Waals surface area contributed by atoms with Crippen LogP contribution in [-0.4, -0.2) is 72.7 Å². The summed E-state index contributed by atoms with van der Waals surface area (Å²) in [6.45, 7) is 5.59. The Hall–Kier alpha value is -2.84. The highest BCUT2D eigenvalue weighted by Crippen LogP contribution is 2.33. The summed E-state index contributed by atoms with van der Waals surface area (Å²) in [6, 6.07) is 9.34. The Balaban J connectivity index is 1.66. The molecule has 1 aliphatic heterocycles. The molecule has 9 heteroatoms. The molecule has 1 fully saturated rings. The molecule has 1 saturated heterocycles. The number of hydrogen-bond donors (Lipinski definition) is 1.